The Kier molecular flexibility index (Phi) is 2.79. The molecule has 0 unspecified atom stereocenters. The number of carbonyl (C=O) groups is 1. The average molecular weight is 194 g/mol. The Morgan fingerprint density at radius 1 is 1.43 bits per heavy atom. The number of hydrogen-bond acceptors (Lipinski definition) is 2. The van der Waals surface area contributed by atoms with Crippen LogP contribution in [0.5, 0.6) is 0 Å². The number of carbonyl (C=O) groups excluding carboxylic acids is 1. The van der Waals surface area contributed by atoms with Gasteiger partial charge >= 0.3 is 0 Å². The van der Waals surface area contributed by atoms with Crippen molar-refractivity contribution in [3.8, 4) is 0 Å². The van der Waals surface area contributed by atoms with Crippen molar-refractivity contribution >= 4 is 5.78 Å². The normalized spacial score (nSPS) is 11.8. The third-order valence-corrected chi connectivity index (χ3v) is 2.50. The summed E-state index contributed by atoms with van der Waals surface area (Å²) >= 11 is 0. The fraction of sp³-hybridized carbons (Fsp3) is 0.636. The van der Waals surface area contributed by atoms with E-state index in [2.05, 4.69) is 24.0 Å². The van der Waals surface area contributed by atoms with Crippen molar-refractivity contribution in [1.82, 2.24) is 10.2 Å². The summed E-state index contributed by atoms with van der Waals surface area (Å²) in [4.78, 5) is 11.1. The maximum Gasteiger partial charge on any atom is 0.130 e. The van der Waals surface area contributed by atoms with E-state index in [0.29, 0.717) is 6.42 Å². The van der Waals surface area contributed by atoms with Crippen LogP contribution in [0.25, 0.3) is 0 Å². The van der Waals surface area contributed by atoms with Gasteiger partial charge in [0, 0.05) is 23.1 Å². The molecule has 0 aliphatic rings. The molecule has 0 saturated carbocycles. The highest BCUT2D eigenvalue weighted by molar-refractivity contribution is 5.77. The van der Waals surface area contributed by atoms with Crippen molar-refractivity contribution in [2.75, 3.05) is 0 Å². The van der Waals surface area contributed by atoms with Crippen LogP contribution < -0.4 is 0 Å². The number of nitrogens with zero attached hydrogens (tertiary/aromatic N) is 1. The molecule has 1 heterocycles. The maximum absolute atomic E-state index is 11.1. The van der Waals surface area contributed by atoms with Gasteiger partial charge in [-0.3, -0.25) is 9.89 Å². The first-order chi connectivity index (χ1) is 6.34. The van der Waals surface area contributed by atoms with E-state index in [1.165, 1.54) is 5.56 Å². The van der Waals surface area contributed by atoms with Crippen LogP contribution in [0.4, 0.5) is 0 Å². The van der Waals surface area contributed by atoms with E-state index in [4.69, 9.17) is 0 Å². The van der Waals surface area contributed by atoms with Gasteiger partial charge in [-0.2, -0.15) is 5.10 Å². The molecule has 0 aromatic carbocycles. The Morgan fingerprint density at radius 3 is 2.36 bits per heavy atom. The second-order valence-electron chi connectivity index (χ2n) is 4.57. The molecule has 0 spiro atoms. The maximum atomic E-state index is 11.1. The highest BCUT2D eigenvalue weighted by Gasteiger charge is 2.27. The lowest BCUT2D eigenvalue weighted by molar-refractivity contribution is -0.118. The Bertz CT molecular complexity index is 331. The molecule has 14 heavy (non-hydrogen) atoms. The second kappa shape index (κ2) is 3.56. The molecule has 3 nitrogen and oxygen atoms in total. The summed E-state index contributed by atoms with van der Waals surface area (Å²) in [7, 11) is 0. The zero-order chi connectivity index (χ0) is 10.9. The molecule has 3 heteroatoms. The minimum atomic E-state index is -0.118. The average Bonchev–Trinajstić information content (AvgIpc) is 2.27. The molecule has 0 fully saturated rings. The van der Waals surface area contributed by atoms with Crippen LogP contribution >= 0.6 is 0 Å². The standard InChI is InChI=1S/C11H18N2O/c1-7(14)6-11(4,5)10-8(2)12-13-9(10)3/h6H2,1-5H3,(H,12,13). The molecule has 0 aliphatic heterocycles. The van der Waals surface area contributed by atoms with Crippen molar-refractivity contribution < 1.29 is 4.79 Å². The first-order valence-electron chi connectivity index (χ1n) is 4.86. The van der Waals surface area contributed by atoms with Crippen LogP contribution in [0.15, 0.2) is 0 Å². The topological polar surface area (TPSA) is 45.8 Å². The van der Waals surface area contributed by atoms with Crippen LogP contribution in [0.1, 0.15) is 44.1 Å². The molecule has 1 N–H and O–H groups in total. The summed E-state index contributed by atoms with van der Waals surface area (Å²) < 4.78 is 0. The Morgan fingerprint density at radius 2 is 2.00 bits per heavy atom. The summed E-state index contributed by atoms with van der Waals surface area (Å²) in [6.07, 6.45) is 0.564. The van der Waals surface area contributed by atoms with Gasteiger partial charge in [-0.05, 0) is 20.8 Å². The molecule has 1 aromatic heterocycles. The molecule has 0 amide bonds. The molecular weight excluding hydrogens is 176 g/mol. The highest BCUT2D eigenvalue weighted by Crippen LogP contribution is 2.31. The Labute approximate surface area is 84.9 Å². The molecule has 1 aromatic rings. The van der Waals surface area contributed by atoms with Crippen LogP contribution in [0, 0.1) is 13.8 Å². The summed E-state index contributed by atoms with van der Waals surface area (Å²) in [6, 6.07) is 0. The number of aromatic nitrogens is 2. The predicted octanol–water partition coefficient (Wildman–Crippen LogP) is 2.28. The summed E-state index contributed by atoms with van der Waals surface area (Å²) in [6.45, 7) is 9.77. The third-order valence-electron chi connectivity index (χ3n) is 2.50. The van der Waals surface area contributed by atoms with Crippen molar-refractivity contribution in [1.29, 1.82) is 0 Å². The van der Waals surface area contributed by atoms with E-state index >= 15 is 0 Å². The fourth-order valence-electron chi connectivity index (χ4n) is 2.26. The van der Waals surface area contributed by atoms with Gasteiger partial charge in [0.2, 0.25) is 0 Å². The van der Waals surface area contributed by atoms with E-state index in [1.54, 1.807) is 6.92 Å². The minimum absolute atomic E-state index is 0.118. The van der Waals surface area contributed by atoms with Crippen molar-refractivity contribution in [2.24, 2.45) is 0 Å². The lowest BCUT2D eigenvalue weighted by Gasteiger charge is -2.23. The highest BCUT2D eigenvalue weighted by atomic mass is 16.1. The van der Waals surface area contributed by atoms with E-state index in [1.807, 2.05) is 13.8 Å². The number of aromatic amines is 1. The molecule has 0 aliphatic carbocycles. The Balaban J connectivity index is 3.08. The molecule has 0 bridgehead atoms. The summed E-state index contributed by atoms with van der Waals surface area (Å²) in [5.74, 6) is 0.218. The molecular formula is C11H18N2O. The number of H-pyrrole nitrogens is 1. The SMILES string of the molecule is CC(=O)CC(C)(C)c1c(C)n[nH]c1C. The molecule has 0 atom stereocenters. The van der Waals surface area contributed by atoms with Gasteiger partial charge < -0.3 is 0 Å². The van der Waals surface area contributed by atoms with Gasteiger partial charge in [0.15, 0.2) is 0 Å². The van der Waals surface area contributed by atoms with Crippen molar-refractivity contribution in [3.63, 3.8) is 0 Å². The minimum Gasteiger partial charge on any atom is -0.300 e. The molecule has 0 saturated heterocycles. The number of Topliss-reactive ketones (excluding diaryl/α,β-unsaturated/α-hetero) is 1. The van der Waals surface area contributed by atoms with Gasteiger partial charge in [-0.15, -0.1) is 0 Å². The fourth-order valence-corrected chi connectivity index (χ4v) is 2.26. The van der Waals surface area contributed by atoms with E-state index in [-0.39, 0.29) is 11.2 Å². The monoisotopic (exact) mass is 194 g/mol. The first kappa shape index (κ1) is 11.0. The van der Waals surface area contributed by atoms with Crippen LogP contribution in [0.3, 0.4) is 0 Å². The smallest absolute Gasteiger partial charge is 0.130 e. The summed E-state index contributed by atoms with van der Waals surface area (Å²) in [5.41, 5.74) is 3.11. The largest absolute Gasteiger partial charge is 0.300 e. The summed E-state index contributed by atoms with van der Waals surface area (Å²) in [5, 5.41) is 7.11. The number of ketones is 1. The number of aryl methyl sites for hydroxylation is 2. The van der Waals surface area contributed by atoms with E-state index in [0.717, 1.165) is 11.4 Å². The van der Waals surface area contributed by atoms with Crippen LogP contribution in [0.2, 0.25) is 0 Å². The number of nitrogens with one attached hydrogen (secondary N) is 1. The van der Waals surface area contributed by atoms with Gasteiger partial charge in [0.05, 0.1) is 5.69 Å². The van der Waals surface area contributed by atoms with E-state index < -0.39 is 0 Å². The second-order valence-corrected chi connectivity index (χ2v) is 4.57. The molecule has 0 radical (unpaired) electrons. The number of hydrogen-bond donors (Lipinski definition) is 1. The zero-order valence-corrected chi connectivity index (χ0v) is 9.56. The van der Waals surface area contributed by atoms with E-state index in [9.17, 15) is 4.79 Å². The first-order valence-corrected chi connectivity index (χ1v) is 4.86. The van der Waals surface area contributed by atoms with Gasteiger partial charge in [-0.25, -0.2) is 0 Å². The number of rotatable bonds is 3. The molecule has 1 rings (SSSR count). The lowest BCUT2D eigenvalue weighted by Crippen LogP contribution is -2.22. The van der Waals surface area contributed by atoms with Gasteiger partial charge in [-0.1, -0.05) is 13.8 Å². The van der Waals surface area contributed by atoms with Crippen molar-refractivity contribution in [3.05, 3.63) is 17.0 Å². The van der Waals surface area contributed by atoms with Crippen LogP contribution in [-0.4, -0.2) is 16.0 Å². The van der Waals surface area contributed by atoms with Gasteiger partial charge in [0.25, 0.3) is 0 Å². The zero-order valence-electron chi connectivity index (χ0n) is 9.56. The predicted molar refractivity (Wildman–Crippen MR) is 56.4 cm³/mol. The van der Waals surface area contributed by atoms with Crippen LogP contribution in [-0.2, 0) is 10.2 Å². The van der Waals surface area contributed by atoms with Crippen molar-refractivity contribution in [2.45, 2.75) is 46.5 Å². The molecule has 78 valence electrons. The quantitative estimate of drug-likeness (QED) is 0.802. The van der Waals surface area contributed by atoms with Gasteiger partial charge in [0.1, 0.15) is 5.78 Å². The Hall–Kier alpha value is -1.12. The lowest BCUT2D eigenvalue weighted by atomic mass is 9.79. The third kappa shape index (κ3) is 2.03.